The summed E-state index contributed by atoms with van der Waals surface area (Å²) in [6.45, 7) is 4.12. The topological polar surface area (TPSA) is 50.7 Å². The molecule has 2 aromatic heterocycles. The first kappa shape index (κ1) is 19.6. The Morgan fingerprint density at radius 3 is 2.65 bits per heavy atom. The molecule has 0 amide bonds. The van der Waals surface area contributed by atoms with Crippen LogP contribution in [0.2, 0.25) is 0 Å². The third kappa shape index (κ3) is 3.43. The number of thioether (sulfide) groups is 1. The minimum atomic E-state index is -0.463. The lowest BCUT2D eigenvalue weighted by Crippen LogP contribution is -2.22. The van der Waals surface area contributed by atoms with Crippen molar-refractivity contribution < 1.29 is 4.39 Å². The molecule has 154 valence electrons. The highest BCUT2D eigenvalue weighted by molar-refractivity contribution is 7.98. The monoisotopic (exact) mass is 429 g/mol. The molecule has 0 radical (unpaired) electrons. The van der Waals surface area contributed by atoms with Crippen molar-refractivity contribution in [2.24, 2.45) is 0 Å². The molecule has 1 N–H and O–H groups in total. The highest BCUT2D eigenvalue weighted by Crippen LogP contribution is 2.29. The minimum Gasteiger partial charge on any atom is -0.349 e. The number of nitrogens with one attached hydrogen (secondary N) is 1. The minimum absolute atomic E-state index is 0.198. The van der Waals surface area contributed by atoms with Crippen molar-refractivity contribution in [3.63, 3.8) is 0 Å². The van der Waals surface area contributed by atoms with Crippen molar-refractivity contribution in [2.75, 3.05) is 0 Å². The summed E-state index contributed by atoms with van der Waals surface area (Å²) in [6.07, 6.45) is 0. The number of fused-ring (bicyclic) bond motifs is 3. The molecular formula is C25H20FN3OS. The highest BCUT2D eigenvalue weighted by atomic mass is 32.2. The van der Waals surface area contributed by atoms with Gasteiger partial charge in [0, 0.05) is 16.7 Å². The summed E-state index contributed by atoms with van der Waals surface area (Å²) in [6, 6.07) is 20.3. The summed E-state index contributed by atoms with van der Waals surface area (Å²) >= 11 is 1.44. The Hall–Kier alpha value is -3.38. The van der Waals surface area contributed by atoms with Crippen molar-refractivity contribution in [3.05, 3.63) is 99.6 Å². The van der Waals surface area contributed by atoms with Crippen LogP contribution in [0.25, 0.3) is 27.6 Å². The number of H-pyrrole nitrogens is 1. The predicted octanol–water partition coefficient (Wildman–Crippen LogP) is 5.92. The zero-order valence-electron chi connectivity index (χ0n) is 17.1. The molecule has 0 bridgehead atoms. The second kappa shape index (κ2) is 7.71. The average Bonchev–Trinajstić information content (AvgIpc) is 3.14. The van der Waals surface area contributed by atoms with Crippen LogP contribution >= 0.6 is 11.8 Å². The van der Waals surface area contributed by atoms with E-state index in [1.54, 1.807) is 18.2 Å². The lowest BCUT2D eigenvalue weighted by molar-refractivity contribution is 0.608. The predicted molar refractivity (Wildman–Crippen MR) is 125 cm³/mol. The largest absolute Gasteiger partial charge is 0.349 e. The van der Waals surface area contributed by atoms with E-state index in [-0.39, 0.29) is 11.2 Å². The lowest BCUT2D eigenvalue weighted by atomic mass is 10.1. The van der Waals surface area contributed by atoms with E-state index in [1.165, 1.54) is 39.1 Å². The first-order valence-electron chi connectivity index (χ1n) is 10.0. The number of aromatic amines is 1. The fourth-order valence-corrected chi connectivity index (χ4v) is 4.84. The van der Waals surface area contributed by atoms with Crippen LogP contribution in [0.4, 0.5) is 4.39 Å². The molecule has 0 fully saturated rings. The van der Waals surface area contributed by atoms with Gasteiger partial charge in [-0.2, -0.15) is 0 Å². The van der Waals surface area contributed by atoms with Crippen molar-refractivity contribution in [2.45, 2.75) is 24.8 Å². The van der Waals surface area contributed by atoms with Crippen LogP contribution in [0, 0.1) is 19.7 Å². The van der Waals surface area contributed by atoms with Crippen molar-refractivity contribution >= 4 is 33.7 Å². The number of aryl methyl sites for hydroxylation is 2. The molecule has 0 spiro atoms. The van der Waals surface area contributed by atoms with Crippen LogP contribution in [-0.4, -0.2) is 14.5 Å². The van der Waals surface area contributed by atoms with E-state index in [0.717, 1.165) is 10.9 Å². The van der Waals surface area contributed by atoms with Crippen molar-refractivity contribution in [1.82, 2.24) is 14.5 Å². The number of rotatable bonds is 4. The number of hydrogen-bond donors (Lipinski definition) is 1. The van der Waals surface area contributed by atoms with Crippen LogP contribution in [0.1, 0.15) is 16.7 Å². The molecule has 0 aliphatic carbocycles. The van der Waals surface area contributed by atoms with Gasteiger partial charge in [0.25, 0.3) is 5.56 Å². The number of aromatic nitrogens is 3. The van der Waals surface area contributed by atoms with E-state index in [0.29, 0.717) is 21.9 Å². The van der Waals surface area contributed by atoms with E-state index in [2.05, 4.69) is 37.0 Å². The molecule has 4 nitrogen and oxygen atoms in total. The normalized spacial score (nSPS) is 11.5. The zero-order chi connectivity index (χ0) is 21.5. The second-order valence-corrected chi connectivity index (χ2v) is 8.54. The molecule has 5 aromatic rings. The summed E-state index contributed by atoms with van der Waals surface area (Å²) in [5.74, 6) is 0.165. The van der Waals surface area contributed by atoms with E-state index >= 15 is 0 Å². The van der Waals surface area contributed by atoms with Gasteiger partial charge in [-0.1, -0.05) is 65.9 Å². The van der Waals surface area contributed by atoms with Gasteiger partial charge >= 0.3 is 0 Å². The first-order chi connectivity index (χ1) is 15.0. The van der Waals surface area contributed by atoms with E-state index in [4.69, 9.17) is 4.98 Å². The van der Waals surface area contributed by atoms with Crippen molar-refractivity contribution in [1.29, 1.82) is 0 Å². The number of nitrogens with zero attached hydrogens (tertiary/aromatic N) is 2. The molecule has 0 unspecified atom stereocenters. The van der Waals surface area contributed by atoms with Gasteiger partial charge in [0.15, 0.2) is 5.16 Å². The number of benzene rings is 3. The number of hydrogen-bond acceptors (Lipinski definition) is 3. The Labute approximate surface area is 182 Å². The van der Waals surface area contributed by atoms with Gasteiger partial charge in [0.2, 0.25) is 0 Å². The fraction of sp³-hybridized carbons (Fsp3) is 0.120. The van der Waals surface area contributed by atoms with Gasteiger partial charge in [0.05, 0.1) is 5.69 Å². The Kier molecular flexibility index (Phi) is 4.87. The van der Waals surface area contributed by atoms with Gasteiger partial charge < -0.3 is 4.98 Å². The summed E-state index contributed by atoms with van der Waals surface area (Å²) < 4.78 is 16.1. The number of para-hydroxylation sites is 2. The maximum absolute atomic E-state index is 14.7. The molecule has 2 heterocycles. The summed E-state index contributed by atoms with van der Waals surface area (Å²) in [5, 5.41) is 1.34. The Bertz CT molecular complexity index is 1500. The lowest BCUT2D eigenvalue weighted by Gasteiger charge is -2.13. The Morgan fingerprint density at radius 2 is 1.81 bits per heavy atom. The molecular weight excluding hydrogens is 409 g/mol. The standard InChI is InChI=1S/C25H20FN3OS/c1-15-11-12-16(2)17(13-15)14-31-25-28-22-18-7-3-5-9-20(18)27-23(22)24(30)29(25)21-10-6-4-8-19(21)26/h3-13,27H,14H2,1-2H3. The number of halogens is 1. The molecule has 0 aliphatic heterocycles. The summed E-state index contributed by atoms with van der Waals surface area (Å²) in [4.78, 5) is 21.5. The maximum atomic E-state index is 14.7. The van der Waals surface area contributed by atoms with Gasteiger partial charge in [-0.15, -0.1) is 0 Å². The van der Waals surface area contributed by atoms with Gasteiger partial charge in [-0.05, 0) is 43.2 Å². The molecule has 0 aliphatic rings. The van der Waals surface area contributed by atoms with E-state index in [9.17, 15) is 9.18 Å². The van der Waals surface area contributed by atoms with Crippen LogP contribution in [-0.2, 0) is 5.75 Å². The Morgan fingerprint density at radius 1 is 1.03 bits per heavy atom. The summed E-state index contributed by atoms with van der Waals surface area (Å²) in [7, 11) is 0. The van der Waals surface area contributed by atoms with Crippen LogP contribution in [0.3, 0.4) is 0 Å². The first-order valence-corrected chi connectivity index (χ1v) is 11.0. The quantitative estimate of drug-likeness (QED) is 0.285. The molecule has 0 atom stereocenters. The third-order valence-corrected chi connectivity index (χ3v) is 6.44. The van der Waals surface area contributed by atoms with Crippen molar-refractivity contribution in [3.8, 4) is 5.69 Å². The SMILES string of the molecule is Cc1ccc(C)c(CSc2nc3c([nH]c4ccccc43)c(=O)n2-c2ccccc2F)c1. The average molecular weight is 430 g/mol. The molecule has 0 saturated heterocycles. The molecule has 3 aromatic carbocycles. The van der Waals surface area contributed by atoms with E-state index in [1.807, 2.05) is 24.3 Å². The van der Waals surface area contributed by atoms with Crippen LogP contribution in [0.15, 0.2) is 76.7 Å². The Balaban J connectivity index is 1.73. The van der Waals surface area contributed by atoms with Gasteiger partial charge in [-0.25, -0.2) is 9.37 Å². The summed E-state index contributed by atoms with van der Waals surface area (Å²) in [5.41, 5.74) is 5.21. The smallest absolute Gasteiger partial charge is 0.283 e. The molecule has 6 heteroatoms. The molecule has 0 saturated carbocycles. The maximum Gasteiger partial charge on any atom is 0.283 e. The zero-order valence-corrected chi connectivity index (χ0v) is 18.0. The third-order valence-electron chi connectivity index (χ3n) is 5.45. The van der Waals surface area contributed by atoms with Gasteiger partial charge in [0.1, 0.15) is 16.9 Å². The molecule has 31 heavy (non-hydrogen) atoms. The van der Waals surface area contributed by atoms with Crippen LogP contribution < -0.4 is 5.56 Å². The highest BCUT2D eigenvalue weighted by Gasteiger charge is 2.19. The van der Waals surface area contributed by atoms with Crippen LogP contribution in [0.5, 0.6) is 0 Å². The second-order valence-electron chi connectivity index (χ2n) is 7.60. The van der Waals surface area contributed by atoms with E-state index < -0.39 is 5.82 Å². The fourth-order valence-electron chi connectivity index (χ4n) is 3.78. The molecule has 5 rings (SSSR count). The van der Waals surface area contributed by atoms with Gasteiger partial charge in [-0.3, -0.25) is 9.36 Å².